The molecule has 0 radical (unpaired) electrons. The Morgan fingerprint density at radius 3 is 2.29 bits per heavy atom. The first-order chi connectivity index (χ1) is 10.2. The van der Waals surface area contributed by atoms with Gasteiger partial charge in [0, 0.05) is 25.2 Å². The maximum atomic E-state index is 3.74. The molecule has 0 aromatic carbocycles. The first-order valence-electron chi connectivity index (χ1n) is 9.64. The highest BCUT2D eigenvalue weighted by Crippen LogP contribution is 2.18. The van der Waals surface area contributed by atoms with Crippen LogP contribution in [0.3, 0.4) is 0 Å². The molecule has 2 unspecified atom stereocenters. The third-order valence-electron chi connectivity index (χ3n) is 4.90. The van der Waals surface area contributed by atoms with Crippen molar-refractivity contribution in [2.75, 3.05) is 19.6 Å². The van der Waals surface area contributed by atoms with Gasteiger partial charge < -0.3 is 5.32 Å². The molecular weight excluding hydrogens is 256 g/mol. The quantitative estimate of drug-likeness (QED) is 0.549. The zero-order chi connectivity index (χ0) is 15.5. The molecule has 0 aliphatic carbocycles. The smallest absolute Gasteiger partial charge is 0.0223 e. The van der Waals surface area contributed by atoms with E-state index in [2.05, 4.69) is 37.9 Å². The van der Waals surface area contributed by atoms with Crippen LogP contribution in [0.1, 0.15) is 85.5 Å². The first-order valence-corrected chi connectivity index (χ1v) is 9.64. The highest BCUT2D eigenvalue weighted by Gasteiger charge is 2.26. The van der Waals surface area contributed by atoms with E-state index in [1.807, 2.05) is 0 Å². The largest absolute Gasteiger partial charge is 0.311 e. The van der Waals surface area contributed by atoms with Crippen LogP contribution in [0.5, 0.6) is 0 Å². The molecule has 0 saturated carbocycles. The molecule has 1 aliphatic rings. The van der Waals surface area contributed by atoms with Gasteiger partial charge in [0.2, 0.25) is 0 Å². The molecule has 1 aliphatic heterocycles. The third kappa shape index (κ3) is 8.21. The maximum absolute atomic E-state index is 3.74. The SMILES string of the molecule is CCCCCCCCCN1CC(CC)NCC1CC(C)C. The van der Waals surface area contributed by atoms with Crippen LogP contribution in [-0.4, -0.2) is 36.6 Å². The van der Waals surface area contributed by atoms with E-state index in [9.17, 15) is 0 Å². The van der Waals surface area contributed by atoms with Crippen LogP contribution in [0.25, 0.3) is 0 Å². The van der Waals surface area contributed by atoms with Gasteiger partial charge in [0.1, 0.15) is 0 Å². The van der Waals surface area contributed by atoms with Gasteiger partial charge in [-0.25, -0.2) is 0 Å². The molecule has 2 heteroatoms. The van der Waals surface area contributed by atoms with Gasteiger partial charge in [0.05, 0.1) is 0 Å². The van der Waals surface area contributed by atoms with Crippen LogP contribution < -0.4 is 5.32 Å². The molecule has 0 aromatic heterocycles. The Bertz CT molecular complexity index is 240. The van der Waals surface area contributed by atoms with Gasteiger partial charge in [0.15, 0.2) is 0 Å². The Morgan fingerprint density at radius 1 is 1.00 bits per heavy atom. The summed E-state index contributed by atoms with van der Waals surface area (Å²) in [6.07, 6.45) is 12.6. The van der Waals surface area contributed by atoms with E-state index < -0.39 is 0 Å². The second-order valence-electron chi connectivity index (χ2n) is 7.41. The number of nitrogens with zero attached hydrogens (tertiary/aromatic N) is 1. The Morgan fingerprint density at radius 2 is 1.67 bits per heavy atom. The molecule has 1 rings (SSSR count). The highest BCUT2D eigenvalue weighted by atomic mass is 15.2. The van der Waals surface area contributed by atoms with Gasteiger partial charge in [-0.2, -0.15) is 0 Å². The van der Waals surface area contributed by atoms with E-state index >= 15 is 0 Å². The molecule has 2 nitrogen and oxygen atoms in total. The van der Waals surface area contributed by atoms with E-state index in [0.29, 0.717) is 0 Å². The summed E-state index contributed by atoms with van der Waals surface area (Å²) in [5.41, 5.74) is 0. The standard InChI is InChI=1S/C19H40N2/c1-5-7-8-9-10-11-12-13-21-16-18(6-2)20-15-19(21)14-17(3)4/h17-20H,5-16H2,1-4H3. The van der Waals surface area contributed by atoms with Crippen molar-refractivity contribution in [2.24, 2.45) is 5.92 Å². The normalized spacial score (nSPS) is 23.9. The number of hydrogen-bond donors (Lipinski definition) is 1. The lowest BCUT2D eigenvalue weighted by Gasteiger charge is -2.41. The highest BCUT2D eigenvalue weighted by molar-refractivity contribution is 4.86. The summed E-state index contributed by atoms with van der Waals surface area (Å²) in [5, 5.41) is 3.74. The summed E-state index contributed by atoms with van der Waals surface area (Å²) in [7, 11) is 0. The molecule has 1 N–H and O–H groups in total. The van der Waals surface area contributed by atoms with Gasteiger partial charge in [-0.1, -0.05) is 66.2 Å². The molecule has 0 amide bonds. The number of rotatable bonds is 11. The van der Waals surface area contributed by atoms with Crippen molar-refractivity contribution >= 4 is 0 Å². The van der Waals surface area contributed by atoms with E-state index in [4.69, 9.17) is 0 Å². The van der Waals surface area contributed by atoms with Crippen LogP contribution in [0.2, 0.25) is 0 Å². The van der Waals surface area contributed by atoms with Crippen molar-refractivity contribution in [3.05, 3.63) is 0 Å². The minimum absolute atomic E-state index is 0.720. The second-order valence-corrected chi connectivity index (χ2v) is 7.41. The van der Waals surface area contributed by atoms with Gasteiger partial charge in [-0.3, -0.25) is 4.90 Å². The fourth-order valence-corrected chi connectivity index (χ4v) is 3.52. The van der Waals surface area contributed by atoms with Crippen LogP contribution in [0.4, 0.5) is 0 Å². The van der Waals surface area contributed by atoms with E-state index in [-0.39, 0.29) is 0 Å². The van der Waals surface area contributed by atoms with Gasteiger partial charge in [-0.05, 0) is 31.7 Å². The van der Waals surface area contributed by atoms with E-state index in [0.717, 1.165) is 18.0 Å². The third-order valence-corrected chi connectivity index (χ3v) is 4.90. The van der Waals surface area contributed by atoms with Crippen LogP contribution in [0, 0.1) is 5.92 Å². The summed E-state index contributed by atoms with van der Waals surface area (Å²) in [5.74, 6) is 0.812. The van der Waals surface area contributed by atoms with Crippen molar-refractivity contribution in [1.29, 1.82) is 0 Å². The molecule has 0 aromatic rings. The second kappa shape index (κ2) is 11.5. The fourth-order valence-electron chi connectivity index (χ4n) is 3.52. The minimum atomic E-state index is 0.720. The number of unbranched alkanes of at least 4 members (excludes halogenated alkanes) is 6. The maximum Gasteiger partial charge on any atom is 0.0223 e. The molecule has 1 heterocycles. The summed E-state index contributed by atoms with van der Waals surface area (Å²) in [4.78, 5) is 2.79. The molecule has 0 bridgehead atoms. The Kier molecular flexibility index (Phi) is 10.4. The summed E-state index contributed by atoms with van der Waals surface area (Å²) < 4.78 is 0. The van der Waals surface area contributed by atoms with Crippen molar-refractivity contribution < 1.29 is 0 Å². The van der Waals surface area contributed by atoms with Crippen LogP contribution in [-0.2, 0) is 0 Å². The number of nitrogens with one attached hydrogen (secondary N) is 1. The predicted octanol–water partition coefficient (Wildman–Crippen LogP) is 4.84. The van der Waals surface area contributed by atoms with Crippen molar-refractivity contribution in [3.8, 4) is 0 Å². The van der Waals surface area contributed by atoms with Crippen LogP contribution in [0.15, 0.2) is 0 Å². The zero-order valence-electron chi connectivity index (χ0n) is 15.2. The lowest BCUT2D eigenvalue weighted by molar-refractivity contribution is 0.110. The lowest BCUT2D eigenvalue weighted by Crippen LogP contribution is -2.56. The molecule has 126 valence electrons. The predicted molar refractivity (Wildman–Crippen MR) is 94.9 cm³/mol. The molecule has 2 atom stereocenters. The molecular formula is C19H40N2. The summed E-state index contributed by atoms with van der Waals surface area (Å²) >= 11 is 0. The van der Waals surface area contributed by atoms with E-state index in [1.165, 1.54) is 77.4 Å². The van der Waals surface area contributed by atoms with Gasteiger partial charge in [-0.15, -0.1) is 0 Å². The van der Waals surface area contributed by atoms with Crippen LogP contribution >= 0.6 is 0 Å². The van der Waals surface area contributed by atoms with Crippen molar-refractivity contribution in [1.82, 2.24) is 10.2 Å². The first kappa shape index (κ1) is 19.0. The minimum Gasteiger partial charge on any atom is -0.311 e. The van der Waals surface area contributed by atoms with E-state index in [1.54, 1.807) is 0 Å². The average Bonchev–Trinajstić information content (AvgIpc) is 2.47. The van der Waals surface area contributed by atoms with Gasteiger partial charge in [0.25, 0.3) is 0 Å². The average molecular weight is 297 g/mol. The van der Waals surface area contributed by atoms with Gasteiger partial charge >= 0.3 is 0 Å². The van der Waals surface area contributed by atoms with Crippen molar-refractivity contribution in [2.45, 2.75) is 97.6 Å². The fraction of sp³-hybridized carbons (Fsp3) is 1.00. The molecule has 0 spiro atoms. The zero-order valence-corrected chi connectivity index (χ0v) is 15.2. The Balaban J connectivity index is 2.23. The summed E-state index contributed by atoms with van der Waals surface area (Å²) in [6.45, 7) is 13.1. The monoisotopic (exact) mass is 296 g/mol. The Labute approximate surface area is 134 Å². The molecule has 1 saturated heterocycles. The lowest BCUT2D eigenvalue weighted by atomic mass is 9.98. The Hall–Kier alpha value is -0.0800. The molecule has 21 heavy (non-hydrogen) atoms. The number of hydrogen-bond acceptors (Lipinski definition) is 2. The van der Waals surface area contributed by atoms with Crippen molar-refractivity contribution in [3.63, 3.8) is 0 Å². The molecule has 1 fully saturated rings. The number of piperazine rings is 1. The topological polar surface area (TPSA) is 15.3 Å². The summed E-state index contributed by atoms with van der Waals surface area (Å²) in [6, 6.07) is 1.49.